The maximum Gasteiger partial charge on any atom is 0.231 e. The van der Waals surface area contributed by atoms with Crippen LogP contribution in [-0.2, 0) is 6.54 Å². The van der Waals surface area contributed by atoms with Gasteiger partial charge in [0.1, 0.15) is 5.52 Å². The van der Waals surface area contributed by atoms with Crippen LogP contribution in [0.15, 0.2) is 24.4 Å². The Balaban J connectivity index is 1.78. The largest absolute Gasteiger partial charge is 0.454 e. The third-order valence-electron chi connectivity index (χ3n) is 3.54. The molecule has 0 saturated heterocycles. The molecule has 0 fully saturated rings. The van der Waals surface area contributed by atoms with Crippen LogP contribution in [0.4, 0.5) is 11.8 Å². The van der Waals surface area contributed by atoms with Crippen molar-refractivity contribution in [2.45, 2.75) is 6.54 Å². The van der Waals surface area contributed by atoms with Gasteiger partial charge in [0.05, 0.1) is 5.52 Å². The number of nitrogen functional groups attached to an aromatic ring is 2. The smallest absolute Gasteiger partial charge is 0.231 e. The number of nitrogens with two attached hydrogens (primary N) is 2. The zero-order valence-electron chi connectivity index (χ0n) is 11.4. The zero-order valence-corrected chi connectivity index (χ0v) is 12.2. The van der Waals surface area contributed by atoms with Crippen molar-refractivity contribution < 1.29 is 9.47 Å². The highest BCUT2D eigenvalue weighted by atomic mass is 35.5. The Hall–Kier alpha value is -2.67. The number of rotatable bonds is 2. The molecule has 8 heteroatoms. The molecule has 1 aromatic carbocycles. The molecule has 0 amide bonds. The molecule has 4 N–H and O–H groups in total. The number of fused-ring (bicyclic) bond motifs is 2. The number of anilines is 2. The topological polar surface area (TPSA) is 101 Å². The maximum atomic E-state index is 6.31. The molecule has 0 spiro atoms. The normalized spacial score (nSPS) is 13.0. The second-order valence-corrected chi connectivity index (χ2v) is 5.35. The van der Waals surface area contributed by atoms with Crippen LogP contribution in [0.3, 0.4) is 0 Å². The van der Waals surface area contributed by atoms with Gasteiger partial charge < -0.3 is 25.5 Å². The number of hydrogen-bond acceptors (Lipinski definition) is 6. The van der Waals surface area contributed by atoms with Crippen molar-refractivity contribution in [1.82, 2.24) is 14.5 Å². The van der Waals surface area contributed by atoms with E-state index in [1.807, 2.05) is 22.9 Å². The number of halogens is 1. The average Bonchev–Trinajstić information content (AvgIpc) is 3.06. The van der Waals surface area contributed by atoms with Gasteiger partial charge in [0.15, 0.2) is 17.3 Å². The summed E-state index contributed by atoms with van der Waals surface area (Å²) in [5, 5.41) is 0.598. The minimum Gasteiger partial charge on any atom is -0.454 e. The summed E-state index contributed by atoms with van der Waals surface area (Å²) < 4.78 is 12.6. The first-order valence-electron chi connectivity index (χ1n) is 6.57. The summed E-state index contributed by atoms with van der Waals surface area (Å²) in [5.74, 6) is 1.83. The molecule has 112 valence electrons. The highest BCUT2D eigenvalue weighted by Gasteiger charge is 2.17. The predicted molar refractivity (Wildman–Crippen MR) is 83.0 cm³/mol. The van der Waals surface area contributed by atoms with Gasteiger partial charge in [-0.2, -0.15) is 4.98 Å². The molecule has 1 aliphatic heterocycles. The van der Waals surface area contributed by atoms with Gasteiger partial charge in [0.2, 0.25) is 12.7 Å². The first-order chi connectivity index (χ1) is 10.6. The van der Waals surface area contributed by atoms with Crippen molar-refractivity contribution in [2.24, 2.45) is 0 Å². The molecule has 0 saturated carbocycles. The van der Waals surface area contributed by atoms with Crippen molar-refractivity contribution >= 4 is 34.4 Å². The predicted octanol–water partition coefficient (Wildman–Crippen LogP) is 2.03. The molecular weight excluding hydrogens is 306 g/mol. The molecule has 4 rings (SSSR count). The van der Waals surface area contributed by atoms with Crippen LogP contribution in [-0.4, -0.2) is 21.3 Å². The Morgan fingerprint density at radius 3 is 2.77 bits per heavy atom. The van der Waals surface area contributed by atoms with Gasteiger partial charge in [-0.15, -0.1) is 0 Å². The molecule has 0 atom stereocenters. The second kappa shape index (κ2) is 4.67. The fourth-order valence-corrected chi connectivity index (χ4v) is 2.76. The zero-order chi connectivity index (χ0) is 15.3. The van der Waals surface area contributed by atoms with E-state index in [9.17, 15) is 0 Å². The van der Waals surface area contributed by atoms with Crippen molar-refractivity contribution in [1.29, 1.82) is 0 Å². The van der Waals surface area contributed by atoms with Crippen LogP contribution in [0, 0.1) is 0 Å². The molecule has 1 aliphatic rings. The summed E-state index contributed by atoms with van der Waals surface area (Å²) in [7, 11) is 0. The summed E-state index contributed by atoms with van der Waals surface area (Å²) in [6, 6.07) is 5.46. The quantitative estimate of drug-likeness (QED) is 0.750. The number of ether oxygens (including phenoxy) is 2. The number of benzene rings is 1. The van der Waals surface area contributed by atoms with Crippen molar-refractivity contribution in [2.75, 3.05) is 18.3 Å². The minimum atomic E-state index is 0.156. The fourth-order valence-electron chi connectivity index (χ4n) is 2.55. The van der Waals surface area contributed by atoms with Crippen molar-refractivity contribution in [3.63, 3.8) is 0 Å². The second-order valence-electron chi connectivity index (χ2n) is 4.94. The van der Waals surface area contributed by atoms with Crippen LogP contribution < -0.4 is 20.9 Å². The first-order valence-corrected chi connectivity index (χ1v) is 6.95. The monoisotopic (exact) mass is 317 g/mol. The summed E-state index contributed by atoms with van der Waals surface area (Å²) in [4.78, 5) is 8.17. The third-order valence-corrected chi connectivity index (χ3v) is 3.89. The number of aromatic nitrogens is 3. The Morgan fingerprint density at radius 2 is 1.95 bits per heavy atom. The third kappa shape index (κ3) is 1.98. The van der Waals surface area contributed by atoms with Gasteiger partial charge >= 0.3 is 0 Å². The standard InChI is InChI=1S/C14H12ClN5O2/c15-8-4-11-10(21-6-22-11)3-7(8)5-20-2-1-9-12(20)13(16)19-14(17)18-9/h1-4H,5-6H2,(H4,16,17,18,19). The average molecular weight is 318 g/mol. The molecule has 22 heavy (non-hydrogen) atoms. The summed E-state index contributed by atoms with van der Waals surface area (Å²) in [6.07, 6.45) is 1.87. The molecule has 3 aromatic rings. The molecule has 3 heterocycles. The van der Waals surface area contributed by atoms with Gasteiger partial charge in [-0.1, -0.05) is 11.6 Å². The molecule has 0 radical (unpaired) electrons. The SMILES string of the molecule is Nc1nc(N)c2c(ccn2Cc2cc3c(cc2Cl)OCO3)n1. The molecule has 0 bridgehead atoms. The summed E-state index contributed by atoms with van der Waals surface area (Å²) in [6.45, 7) is 0.720. The van der Waals surface area contributed by atoms with Crippen LogP contribution >= 0.6 is 11.6 Å². The van der Waals surface area contributed by atoms with Crippen molar-refractivity contribution in [3.05, 3.63) is 35.0 Å². The van der Waals surface area contributed by atoms with E-state index in [1.165, 1.54) is 0 Å². The number of nitrogens with zero attached hydrogens (tertiary/aromatic N) is 3. The van der Waals surface area contributed by atoms with Gasteiger partial charge in [0.25, 0.3) is 0 Å². The lowest BCUT2D eigenvalue weighted by atomic mass is 10.2. The van der Waals surface area contributed by atoms with Gasteiger partial charge in [-0.05, 0) is 17.7 Å². The first kappa shape index (κ1) is 13.0. The minimum absolute atomic E-state index is 0.156. The van der Waals surface area contributed by atoms with E-state index in [4.69, 9.17) is 32.5 Å². The molecule has 0 unspecified atom stereocenters. The summed E-state index contributed by atoms with van der Waals surface area (Å²) >= 11 is 6.31. The van der Waals surface area contributed by atoms with E-state index in [0.717, 1.165) is 11.1 Å². The van der Waals surface area contributed by atoms with E-state index in [0.29, 0.717) is 34.4 Å². The van der Waals surface area contributed by atoms with Gasteiger partial charge in [-0.3, -0.25) is 0 Å². The van der Waals surface area contributed by atoms with Crippen LogP contribution in [0.1, 0.15) is 5.56 Å². The Bertz CT molecular complexity index is 893. The molecule has 7 nitrogen and oxygen atoms in total. The lowest BCUT2D eigenvalue weighted by molar-refractivity contribution is 0.174. The van der Waals surface area contributed by atoms with Gasteiger partial charge in [-0.25, -0.2) is 4.98 Å². The maximum absolute atomic E-state index is 6.31. The van der Waals surface area contributed by atoms with Crippen molar-refractivity contribution in [3.8, 4) is 11.5 Å². The molecular formula is C14H12ClN5O2. The lowest BCUT2D eigenvalue weighted by Crippen LogP contribution is -2.05. The highest BCUT2D eigenvalue weighted by Crippen LogP contribution is 2.37. The van der Waals surface area contributed by atoms with Gasteiger partial charge in [0, 0.05) is 23.8 Å². The Kier molecular flexibility index (Phi) is 2.77. The number of hydrogen-bond donors (Lipinski definition) is 2. The van der Waals surface area contributed by atoms with E-state index in [2.05, 4.69) is 9.97 Å². The summed E-state index contributed by atoms with van der Waals surface area (Å²) in [5.41, 5.74) is 13.9. The molecule has 2 aromatic heterocycles. The lowest BCUT2D eigenvalue weighted by Gasteiger charge is -2.10. The highest BCUT2D eigenvalue weighted by molar-refractivity contribution is 6.31. The Morgan fingerprint density at radius 1 is 1.18 bits per heavy atom. The molecule has 0 aliphatic carbocycles. The van der Waals surface area contributed by atoms with Crippen LogP contribution in [0.2, 0.25) is 5.02 Å². The van der Waals surface area contributed by atoms with E-state index in [1.54, 1.807) is 6.07 Å². The van der Waals surface area contributed by atoms with E-state index < -0.39 is 0 Å². The van der Waals surface area contributed by atoms with E-state index >= 15 is 0 Å². The Labute approximate surface area is 130 Å². The van der Waals surface area contributed by atoms with E-state index in [-0.39, 0.29) is 12.7 Å². The van der Waals surface area contributed by atoms with Crippen LogP contribution in [0.5, 0.6) is 11.5 Å². The van der Waals surface area contributed by atoms with Crippen LogP contribution in [0.25, 0.3) is 11.0 Å². The fraction of sp³-hybridized carbons (Fsp3) is 0.143.